The Balaban J connectivity index is 1.97. The molecule has 2 rings (SSSR count). The second-order valence-electron chi connectivity index (χ2n) is 6.77. The minimum atomic E-state index is -5.27. The van der Waals surface area contributed by atoms with Crippen LogP contribution in [-0.4, -0.2) is 57.0 Å². The van der Waals surface area contributed by atoms with E-state index >= 15 is 0 Å². The normalized spacial score (nSPS) is 17.2. The van der Waals surface area contributed by atoms with Crippen LogP contribution in [0.3, 0.4) is 0 Å². The Morgan fingerprint density at radius 3 is 2.48 bits per heavy atom. The van der Waals surface area contributed by atoms with Gasteiger partial charge in [-0.15, -0.1) is 0 Å². The summed E-state index contributed by atoms with van der Waals surface area (Å²) in [6.07, 6.45) is 0.530. The van der Waals surface area contributed by atoms with Crippen LogP contribution in [-0.2, 0) is 16.6 Å². The lowest BCUT2D eigenvalue weighted by Gasteiger charge is -2.32. The number of sulfonamides is 1. The molecule has 1 fully saturated rings. The number of nitrogens with one attached hydrogen (secondary N) is 2. The molecule has 7 nitrogen and oxygen atoms in total. The lowest BCUT2D eigenvalue weighted by Crippen LogP contribution is -2.51. The molecule has 11 heteroatoms. The van der Waals surface area contributed by atoms with Gasteiger partial charge in [-0.1, -0.05) is 12.1 Å². The van der Waals surface area contributed by atoms with Crippen LogP contribution in [0.25, 0.3) is 0 Å². The molecule has 0 saturated carbocycles. The third-order valence-electron chi connectivity index (χ3n) is 4.65. The topological polar surface area (TPSA) is 83.0 Å². The van der Waals surface area contributed by atoms with Crippen molar-refractivity contribution in [2.45, 2.75) is 44.8 Å². The highest BCUT2D eigenvalue weighted by Gasteiger charge is 2.50. The van der Waals surface area contributed by atoms with Gasteiger partial charge in [-0.05, 0) is 43.9 Å². The number of ether oxygens (including phenoxy) is 1. The maximum absolute atomic E-state index is 12.7. The maximum atomic E-state index is 12.7. The van der Waals surface area contributed by atoms with Gasteiger partial charge in [0.05, 0.1) is 13.7 Å². The number of guanidine groups is 1. The molecule has 2 N–H and O–H groups in total. The van der Waals surface area contributed by atoms with Crippen molar-refractivity contribution < 1.29 is 26.3 Å². The van der Waals surface area contributed by atoms with E-state index in [0.29, 0.717) is 23.4 Å². The first-order chi connectivity index (χ1) is 13.6. The summed E-state index contributed by atoms with van der Waals surface area (Å²) in [7, 11) is -3.66. The number of nitrogens with zero attached hydrogens (tertiary/aromatic N) is 2. The molecular weight excluding hydrogens is 409 g/mol. The average Bonchev–Trinajstić information content (AvgIpc) is 2.66. The van der Waals surface area contributed by atoms with Crippen molar-refractivity contribution in [1.29, 1.82) is 0 Å². The van der Waals surface area contributed by atoms with Crippen molar-refractivity contribution in [2.75, 3.05) is 26.7 Å². The van der Waals surface area contributed by atoms with Crippen LogP contribution in [0.2, 0.25) is 0 Å². The summed E-state index contributed by atoms with van der Waals surface area (Å²) >= 11 is 0. The molecule has 1 saturated heterocycles. The smallest absolute Gasteiger partial charge is 0.496 e. The number of piperidine rings is 1. The molecular formula is C18H27F3N4O3S. The minimum Gasteiger partial charge on any atom is -0.496 e. The molecule has 0 unspecified atom stereocenters. The first-order valence-electron chi connectivity index (χ1n) is 9.33. The standard InChI is InChI=1S/C18H27F3N4O3S/c1-4-22-17(23-12-14-5-6-16(28-3)13(2)11-14)24-15-7-9-25(10-8-15)29(26,27)18(19,20)21/h5-6,11,15H,4,7-10,12H2,1-3H3,(H2,22,23,24). The van der Waals surface area contributed by atoms with Gasteiger partial charge in [-0.3, -0.25) is 0 Å². The molecule has 164 valence electrons. The SMILES string of the molecule is CCNC(=NCc1ccc(OC)c(C)c1)NC1CCN(S(=O)(=O)C(F)(F)F)CC1. The molecule has 0 bridgehead atoms. The molecule has 1 aliphatic heterocycles. The summed E-state index contributed by atoms with van der Waals surface area (Å²) in [5.74, 6) is 1.33. The minimum absolute atomic E-state index is 0.162. The average molecular weight is 437 g/mol. The lowest BCUT2D eigenvalue weighted by molar-refractivity contribution is -0.0494. The Morgan fingerprint density at radius 2 is 1.97 bits per heavy atom. The van der Waals surface area contributed by atoms with Crippen molar-refractivity contribution in [3.8, 4) is 5.75 Å². The van der Waals surface area contributed by atoms with Gasteiger partial charge in [0.25, 0.3) is 0 Å². The summed E-state index contributed by atoms with van der Waals surface area (Å²) in [4.78, 5) is 4.52. The predicted molar refractivity (Wildman–Crippen MR) is 105 cm³/mol. The largest absolute Gasteiger partial charge is 0.511 e. The molecule has 1 heterocycles. The number of aliphatic imine (C=N–C) groups is 1. The van der Waals surface area contributed by atoms with Crippen molar-refractivity contribution >= 4 is 16.0 Å². The highest BCUT2D eigenvalue weighted by molar-refractivity contribution is 7.90. The van der Waals surface area contributed by atoms with E-state index in [4.69, 9.17) is 4.74 Å². The molecule has 0 aliphatic carbocycles. The van der Waals surface area contributed by atoms with Crippen molar-refractivity contribution in [2.24, 2.45) is 4.99 Å². The van der Waals surface area contributed by atoms with Gasteiger partial charge in [0.2, 0.25) is 0 Å². The summed E-state index contributed by atoms with van der Waals surface area (Å²) in [6.45, 7) is 4.52. The highest BCUT2D eigenvalue weighted by atomic mass is 32.2. The van der Waals surface area contributed by atoms with Crippen LogP contribution in [0.1, 0.15) is 30.9 Å². The lowest BCUT2D eigenvalue weighted by atomic mass is 10.1. The molecule has 1 aromatic rings. The van der Waals surface area contributed by atoms with Crippen molar-refractivity contribution in [3.63, 3.8) is 0 Å². The first kappa shape index (κ1) is 23.3. The fourth-order valence-corrected chi connectivity index (χ4v) is 4.09. The van der Waals surface area contributed by atoms with Gasteiger partial charge >= 0.3 is 15.5 Å². The highest BCUT2D eigenvalue weighted by Crippen LogP contribution is 2.29. The zero-order valence-electron chi connectivity index (χ0n) is 16.7. The Bertz CT molecular complexity index is 820. The summed E-state index contributed by atoms with van der Waals surface area (Å²) in [5, 5.41) is 6.29. The third kappa shape index (κ3) is 5.99. The zero-order valence-corrected chi connectivity index (χ0v) is 17.5. The van der Waals surface area contributed by atoms with E-state index in [1.165, 1.54) is 0 Å². The molecule has 0 amide bonds. The maximum Gasteiger partial charge on any atom is 0.511 e. The van der Waals surface area contributed by atoms with E-state index < -0.39 is 15.5 Å². The molecule has 0 aromatic heterocycles. The Kier molecular flexibility index (Phi) is 7.75. The molecule has 1 aliphatic rings. The van der Waals surface area contributed by atoms with Crippen LogP contribution in [0.5, 0.6) is 5.75 Å². The van der Waals surface area contributed by atoms with Gasteiger partial charge in [0, 0.05) is 25.7 Å². The van der Waals surface area contributed by atoms with Crippen LogP contribution >= 0.6 is 0 Å². The van der Waals surface area contributed by atoms with E-state index in [2.05, 4.69) is 15.6 Å². The summed E-state index contributed by atoms with van der Waals surface area (Å²) < 4.78 is 66.8. The number of hydrogen-bond acceptors (Lipinski definition) is 4. The Morgan fingerprint density at radius 1 is 1.31 bits per heavy atom. The van der Waals surface area contributed by atoms with E-state index in [1.54, 1.807) is 7.11 Å². The predicted octanol–water partition coefficient (Wildman–Crippen LogP) is 2.37. The second-order valence-corrected chi connectivity index (χ2v) is 8.70. The molecule has 0 radical (unpaired) electrons. The Labute approximate surface area is 169 Å². The molecule has 0 spiro atoms. The van der Waals surface area contributed by atoms with E-state index in [1.807, 2.05) is 32.0 Å². The van der Waals surface area contributed by atoms with E-state index in [-0.39, 0.29) is 32.0 Å². The monoisotopic (exact) mass is 436 g/mol. The molecule has 0 atom stereocenters. The fraction of sp³-hybridized carbons (Fsp3) is 0.611. The zero-order chi connectivity index (χ0) is 21.7. The van der Waals surface area contributed by atoms with Crippen LogP contribution < -0.4 is 15.4 Å². The number of hydrogen-bond donors (Lipinski definition) is 2. The Hall–Kier alpha value is -2.01. The summed E-state index contributed by atoms with van der Waals surface area (Å²) in [6, 6.07) is 5.61. The quantitative estimate of drug-likeness (QED) is 0.529. The van der Waals surface area contributed by atoms with E-state index in [0.717, 1.165) is 16.9 Å². The van der Waals surface area contributed by atoms with Crippen LogP contribution in [0.15, 0.2) is 23.2 Å². The fourth-order valence-electron chi connectivity index (χ4n) is 3.11. The van der Waals surface area contributed by atoms with Gasteiger partial charge in [0.15, 0.2) is 5.96 Å². The first-order valence-corrected chi connectivity index (χ1v) is 10.8. The second kappa shape index (κ2) is 9.66. The van der Waals surface area contributed by atoms with E-state index in [9.17, 15) is 21.6 Å². The van der Waals surface area contributed by atoms with Gasteiger partial charge in [-0.2, -0.15) is 17.5 Å². The number of methoxy groups -OCH3 is 1. The number of rotatable bonds is 6. The van der Waals surface area contributed by atoms with Crippen LogP contribution in [0.4, 0.5) is 13.2 Å². The summed E-state index contributed by atoms with van der Waals surface area (Å²) in [5.41, 5.74) is -3.27. The number of benzene rings is 1. The van der Waals surface area contributed by atoms with Gasteiger partial charge < -0.3 is 15.4 Å². The van der Waals surface area contributed by atoms with Crippen LogP contribution in [0, 0.1) is 6.92 Å². The number of alkyl halides is 3. The van der Waals surface area contributed by atoms with Crippen molar-refractivity contribution in [1.82, 2.24) is 14.9 Å². The number of aryl methyl sites for hydroxylation is 1. The molecule has 1 aromatic carbocycles. The van der Waals surface area contributed by atoms with Gasteiger partial charge in [-0.25, -0.2) is 13.4 Å². The number of halogens is 3. The van der Waals surface area contributed by atoms with Crippen molar-refractivity contribution in [3.05, 3.63) is 29.3 Å². The molecule has 29 heavy (non-hydrogen) atoms. The van der Waals surface area contributed by atoms with Gasteiger partial charge in [0.1, 0.15) is 5.75 Å². The third-order valence-corrected chi connectivity index (χ3v) is 6.28.